The number of hydrogen-bond donors (Lipinski definition) is 2. The van der Waals surface area contributed by atoms with E-state index in [9.17, 15) is 41.4 Å². The van der Waals surface area contributed by atoms with Gasteiger partial charge in [0, 0.05) is 0 Å². The van der Waals surface area contributed by atoms with Gasteiger partial charge < -0.3 is 10.2 Å². The van der Waals surface area contributed by atoms with Crippen molar-refractivity contribution in [3.63, 3.8) is 0 Å². The Balaban J connectivity index is 2.76. The minimum absolute atomic E-state index is 0.0252. The summed E-state index contributed by atoms with van der Waals surface area (Å²) in [6.07, 6.45) is -4.30. The molecule has 0 spiro atoms. The van der Waals surface area contributed by atoms with Gasteiger partial charge in [0.15, 0.2) is 11.6 Å². The Morgan fingerprint density at radius 1 is 1.19 bits per heavy atom. The van der Waals surface area contributed by atoms with Gasteiger partial charge >= 0.3 is 12.1 Å². The summed E-state index contributed by atoms with van der Waals surface area (Å²) in [7, 11) is 0. The van der Waals surface area contributed by atoms with Crippen LogP contribution in [0.15, 0.2) is 16.6 Å². The second kappa shape index (κ2) is 7.00. The molecule has 10 heteroatoms. The highest BCUT2D eigenvalue weighted by Gasteiger charge is 2.41. The SMILES string of the molecule is CCC(=NC1CC1)C(C(=O)O)=C(O)c1cc(F)c(F)c(C(F)(F)F)c1F. The number of carboxylic acid groups (broad SMARTS) is 1. The van der Waals surface area contributed by atoms with Crippen LogP contribution in [0.4, 0.5) is 26.3 Å². The fourth-order valence-corrected chi connectivity index (χ4v) is 2.28. The molecule has 0 aromatic heterocycles. The van der Waals surface area contributed by atoms with E-state index in [2.05, 4.69) is 4.99 Å². The molecule has 0 heterocycles. The molecule has 1 aliphatic rings. The molecule has 0 saturated heterocycles. The number of aliphatic hydroxyl groups is 1. The summed E-state index contributed by atoms with van der Waals surface area (Å²) in [5.41, 5.74) is -5.11. The number of aliphatic hydroxyl groups excluding tert-OH is 1. The largest absolute Gasteiger partial charge is 0.506 e. The van der Waals surface area contributed by atoms with Crippen molar-refractivity contribution < 1.29 is 41.4 Å². The number of hydrogen-bond acceptors (Lipinski definition) is 3. The van der Waals surface area contributed by atoms with E-state index >= 15 is 0 Å². The van der Waals surface area contributed by atoms with Gasteiger partial charge in [-0.3, -0.25) is 4.99 Å². The molecule has 26 heavy (non-hydrogen) atoms. The molecule has 0 bridgehead atoms. The fraction of sp³-hybridized carbons (Fsp3) is 0.375. The lowest BCUT2D eigenvalue weighted by Gasteiger charge is -2.15. The van der Waals surface area contributed by atoms with Crippen LogP contribution in [0, 0.1) is 17.5 Å². The zero-order chi connectivity index (χ0) is 19.8. The molecule has 1 saturated carbocycles. The van der Waals surface area contributed by atoms with Gasteiger partial charge in [-0.15, -0.1) is 0 Å². The Morgan fingerprint density at radius 2 is 1.77 bits per heavy atom. The summed E-state index contributed by atoms with van der Waals surface area (Å²) in [6, 6.07) is -0.226. The number of carboxylic acids is 1. The number of nitrogens with zero attached hydrogens (tertiary/aromatic N) is 1. The van der Waals surface area contributed by atoms with E-state index in [0.717, 1.165) is 0 Å². The first-order valence-electron chi connectivity index (χ1n) is 7.47. The highest BCUT2D eigenvalue weighted by atomic mass is 19.4. The maximum Gasteiger partial charge on any atom is 0.422 e. The van der Waals surface area contributed by atoms with Gasteiger partial charge in [0.1, 0.15) is 22.7 Å². The van der Waals surface area contributed by atoms with Crippen LogP contribution >= 0.6 is 0 Å². The summed E-state index contributed by atoms with van der Waals surface area (Å²) >= 11 is 0. The summed E-state index contributed by atoms with van der Waals surface area (Å²) in [4.78, 5) is 15.5. The Morgan fingerprint density at radius 3 is 2.19 bits per heavy atom. The molecular weight excluding hydrogens is 368 g/mol. The van der Waals surface area contributed by atoms with Crippen LogP contribution in [0.25, 0.3) is 5.76 Å². The Hall–Kier alpha value is -2.52. The lowest BCUT2D eigenvalue weighted by atomic mass is 9.99. The second-order valence-electron chi connectivity index (χ2n) is 5.60. The third-order valence-corrected chi connectivity index (χ3v) is 3.65. The number of alkyl halides is 3. The van der Waals surface area contributed by atoms with Crippen LogP contribution in [0.1, 0.15) is 37.3 Å². The highest BCUT2D eigenvalue weighted by molar-refractivity contribution is 6.23. The Bertz CT molecular complexity index is 809. The molecule has 0 atom stereocenters. The first-order valence-corrected chi connectivity index (χ1v) is 7.47. The second-order valence-corrected chi connectivity index (χ2v) is 5.60. The molecule has 0 radical (unpaired) electrons. The maximum absolute atomic E-state index is 14.2. The Kier molecular flexibility index (Phi) is 5.33. The number of halogens is 6. The predicted molar refractivity (Wildman–Crippen MR) is 79.3 cm³/mol. The van der Waals surface area contributed by atoms with Crippen LogP contribution in [0.5, 0.6) is 0 Å². The number of aliphatic carboxylic acids is 1. The first kappa shape index (κ1) is 19.8. The van der Waals surface area contributed by atoms with Gasteiger partial charge in [0.2, 0.25) is 0 Å². The molecule has 1 aliphatic carbocycles. The van der Waals surface area contributed by atoms with Crippen LogP contribution in [0.3, 0.4) is 0 Å². The van der Waals surface area contributed by atoms with Crippen molar-refractivity contribution in [3.8, 4) is 0 Å². The summed E-state index contributed by atoms with van der Waals surface area (Å²) in [6.45, 7) is 1.47. The van der Waals surface area contributed by atoms with Gasteiger partial charge in [-0.2, -0.15) is 13.2 Å². The molecule has 1 fully saturated rings. The number of benzene rings is 1. The van der Waals surface area contributed by atoms with Crippen LogP contribution in [0.2, 0.25) is 0 Å². The summed E-state index contributed by atoms with van der Waals surface area (Å²) < 4.78 is 79.5. The molecule has 142 valence electrons. The van der Waals surface area contributed by atoms with Gasteiger partial charge in [-0.25, -0.2) is 18.0 Å². The van der Waals surface area contributed by atoms with Crippen molar-refractivity contribution in [1.82, 2.24) is 0 Å². The highest BCUT2D eigenvalue weighted by Crippen LogP contribution is 2.38. The first-order chi connectivity index (χ1) is 12.0. The summed E-state index contributed by atoms with van der Waals surface area (Å²) in [5, 5.41) is 19.4. The standard InChI is InChI=1S/C16H13F6NO3/c1-2-9(23-6-3-4-6)10(15(25)26)14(24)7-5-8(17)13(19)11(12(7)18)16(20,21)22/h5-6,24H,2-4H2,1H3,(H,25,26). The quantitative estimate of drug-likeness (QED) is 0.260. The van der Waals surface area contributed by atoms with E-state index in [-0.39, 0.29) is 24.2 Å². The normalized spacial score (nSPS) is 16.5. The Labute approximate surface area is 143 Å². The van der Waals surface area contributed by atoms with Gasteiger partial charge in [0.05, 0.1) is 17.3 Å². The van der Waals surface area contributed by atoms with Crippen molar-refractivity contribution in [1.29, 1.82) is 0 Å². The van der Waals surface area contributed by atoms with Crippen molar-refractivity contribution in [2.75, 3.05) is 0 Å². The number of carbonyl (C=O) groups is 1. The van der Waals surface area contributed by atoms with Gasteiger partial charge in [-0.1, -0.05) is 6.92 Å². The van der Waals surface area contributed by atoms with E-state index in [4.69, 9.17) is 0 Å². The van der Waals surface area contributed by atoms with E-state index in [1.807, 2.05) is 0 Å². The third kappa shape index (κ3) is 3.83. The van der Waals surface area contributed by atoms with Crippen molar-refractivity contribution in [3.05, 3.63) is 40.2 Å². The summed E-state index contributed by atoms with van der Waals surface area (Å²) in [5.74, 6) is -10.1. The molecule has 2 N–H and O–H groups in total. The average molecular weight is 381 g/mol. The lowest BCUT2D eigenvalue weighted by molar-refractivity contribution is -0.142. The predicted octanol–water partition coefficient (Wildman–Crippen LogP) is 4.49. The average Bonchev–Trinajstić information content (AvgIpc) is 3.32. The van der Waals surface area contributed by atoms with E-state index < -0.39 is 52.1 Å². The molecule has 1 aromatic rings. The van der Waals surface area contributed by atoms with Crippen molar-refractivity contribution in [2.45, 2.75) is 38.4 Å². The molecule has 0 aliphatic heterocycles. The van der Waals surface area contributed by atoms with Crippen molar-refractivity contribution >= 4 is 17.4 Å². The maximum atomic E-state index is 14.2. The minimum atomic E-state index is -5.59. The number of aliphatic imine (C=N–C) groups is 1. The molecule has 0 amide bonds. The zero-order valence-corrected chi connectivity index (χ0v) is 13.3. The van der Waals surface area contributed by atoms with Gasteiger partial charge in [0.25, 0.3) is 0 Å². The van der Waals surface area contributed by atoms with E-state index in [1.54, 1.807) is 0 Å². The minimum Gasteiger partial charge on any atom is -0.506 e. The van der Waals surface area contributed by atoms with Crippen LogP contribution in [-0.2, 0) is 11.0 Å². The molecule has 4 nitrogen and oxygen atoms in total. The van der Waals surface area contributed by atoms with Gasteiger partial charge in [-0.05, 0) is 25.3 Å². The van der Waals surface area contributed by atoms with Crippen LogP contribution < -0.4 is 0 Å². The van der Waals surface area contributed by atoms with E-state index in [1.165, 1.54) is 6.92 Å². The number of rotatable bonds is 5. The van der Waals surface area contributed by atoms with E-state index in [0.29, 0.717) is 12.8 Å². The molecular formula is C16H13F6NO3. The van der Waals surface area contributed by atoms with Crippen molar-refractivity contribution in [2.24, 2.45) is 4.99 Å². The third-order valence-electron chi connectivity index (χ3n) is 3.65. The van der Waals surface area contributed by atoms with Crippen LogP contribution in [-0.4, -0.2) is 27.9 Å². The fourth-order valence-electron chi connectivity index (χ4n) is 2.28. The lowest BCUT2D eigenvalue weighted by Crippen LogP contribution is -2.18. The molecule has 0 unspecified atom stereocenters. The molecule has 1 aromatic carbocycles. The smallest absolute Gasteiger partial charge is 0.422 e. The zero-order valence-electron chi connectivity index (χ0n) is 13.3. The topological polar surface area (TPSA) is 69.9 Å². The monoisotopic (exact) mass is 381 g/mol. The molecule has 2 rings (SSSR count).